The van der Waals surface area contributed by atoms with Crippen molar-refractivity contribution in [2.45, 2.75) is 32.4 Å². The highest BCUT2D eigenvalue weighted by molar-refractivity contribution is 7.99. The first-order valence-electron chi connectivity index (χ1n) is 11.8. The molecular formula is C31H28ClNS2. The van der Waals surface area contributed by atoms with Crippen LogP contribution in [0.2, 0.25) is 5.02 Å². The smallest absolute Gasteiger partial charge is 0.0412 e. The van der Waals surface area contributed by atoms with Gasteiger partial charge >= 0.3 is 0 Å². The number of hydrogen-bond acceptors (Lipinski definition) is 3. The standard InChI is InChI=1S/C18H18ClNS.C13H10S/c1-20(2)11-5-7-14-15-6-3-4-8-17(15)21-18-10-9-13(19)12-16(14)18;1-3-7-12-10(5-1)9-11-6-2-4-8-13(11)14-12/h3-4,6-10,12H,5,11H2,1-2H3;1-8H,9H2/b14-7-;. The Morgan fingerprint density at radius 3 is 1.97 bits per heavy atom. The van der Waals surface area contributed by atoms with Crippen molar-refractivity contribution in [1.29, 1.82) is 0 Å². The molecule has 0 atom stereocenters. The second kappa shape index (κ2) is 11.1. The summed E-state index contributed by atoms with van der Waals surface area (Å²) < 4.78 is 0. The van der Waals surface area contributed by atoms with Crippen molar-refractivity contribution in [2.75, 3.05) is 20.6 Å². The van der Waals surface area contributed by atoms with Gasteiger partial charge in [-0.25, -0.2) is 0 Å². The van der Waals surface area contributed by atoms with Crippen LogP contribution in [0.3, 0.4) is 0 Å². The number of benzene rings is 4. The third-order valence-corrected chi connectivity index (χ3v) is 8.72. The molecule has 176 valence electrons. The van der Waals surface area contributed by atoms with E-state index in [9.17, 15) is 0 Å². The highest BCUT2D eigenvalue weighted by Gasteiger charge is 2.20. The zero-order valence-electron chi connectivity index (χ0n) is 20.0. The number of rotatable bonds is 3. The van der Waals surface area contributed by atoms with Crippen LogP contribution in [0.25, 0.3) is 5.57 Å². The summed E-state index contributed by atoms with van der Waals surface area (Å²) in [6.07, 6.45) is 4.46. The maximum absolute atomic E-state index is 6.21. The van der Waals surface area contributed by atoms with Gasteiger partial charge < -0.3 is 4.90 Å². The van der Waals surface area contributed by atoms with Crippen molar-refractivity contribution in [3.63, 3.8) is 0 Å². The fourth-order valence-corrected chi connectivity index (χ4v) is 6.68. The van der Waals surface area contributed by atoms with E-state index in [4.69, 9.17) is 11.6 Å². The van der Waals surface area contributed by atoms with Crippen molar-refractivity contribution in [3.8, 4) is 0 Å². The topological polar surface area (TPSA) is 3.24 Å². The minimum atomic E-state index is 0.798. The van der Waals surface area contributed by atoms with E-state index in [1.54, 1.807) is 0 Å². The quantitative estimate of drug-likeness (QED) is 0.232. The van der Waals surface area contributed by atoms with Crippen LogP contribution < -0.4 is 0 Å². The Kier molecular flexibility index (Phi) is 7.69. The van der Waals surface area contributed by atoms with Crippen molar-refractivity contribution in [1.82, 2.24) is 4.90 Å². The average molecular weight is 514 g/mol. The van der Waals surface area contributed by atoms with Crippen LogP contribution in [0.5, 0.6) is 0 Å². The molecule has 2 aliphatic rings. The van der Waals surface area contributed by atoms with Gasteiger partial charge in [-0.05, 0) is 91.2 Å². The minimum Gasteiger partial charge on any atom is -0.309 e. The molecule has 4 aromatic rings. The highest BCUT2D eigenvalue weighted by atomic mass is 35.5. The van der Waals surface area contributed by atoms with Crippen LogP contribution in [0, 0.1) is 0 Å². The van der Waals surface area contributed by atoms with E-state index < -0.39 is 0 Å². The predicted molar refractivity (Wildman–Crippen MR) is 152 cm³/mol. The van der Waals surface area contributed by atoms with Crippen molar-refractivity contribution in [3.05, 3.63) is 124 Å². The molecule has 0 aromatic heterocycles. The molecule has 0 amide bonds. The molecule has 0 aliphatic carbocycles. The second-order valence-corrected chi connectivity index (χ2v) is 11.5. The summed E-state index contributed by atoms with van der Waals surface area (Å²) in [4.78, 5) is 7.63. The van der Waals surface area contributed by atoms with E-state index in [2.05, 4.69) is 110 Å². The molecule has 1 nitrogen and oxygen atoms in total. The van der Waals surface area contributed by atoms with Crippen molar-refractivity contribution in [2.24, 2.45) is 0 Å². The molecule has 0 radical (unpaired) electrons. The monoisotopic (exact) mass is 513 g/mol. The summed E-state index contributed by atoms with van der Waals surface area (Å²) in [6, 6.07) is 32.1. The van der Waals surface area contributed by atoms with Crippen LogP contribution in [0.15, 0.2) is 117 Å². The van der Waals surface area contributed by atoms with Gasteiger partial charge in [-0.15, -0.1) is 0 Å². The maximum Gasteiger partial charge on any atom is 0.0412 e. The van der Waals surface area contributed by atoms with E-state index in [1.165, 1.54) is 47.4 Å². The Morgan fingerprint density at radius 1 is 0.714 bits per heavy atom. The van der Waals surface area contributed by atoms with Gasteiger partial charge in [0, 0.05) is 31.1 Å². The summed E-state index contributed by atoms with van der Waals surface area (Å²) in [5, 5.41) is 0.798. The van der Waals surface area contributed by atoms with E-state index >= 15 is 0 Å². The average Bonchev–Trinajstić information content (AvgIpc) is 2.87. The molecule has 0 bridgehead atoms. The molecule has 4 heteroatoms. The van der Waals surface area contributed by atoms with E-state index in [-0.39, 0.29) is 0 Å². The highest BCUT2D eigenvalue weighted by Crippen LogP contribution is 2.46. The summed E-state index contributed by atoms with van der Waals surface area (Å²) in [7, 11) is 4.21. The molecule has 4 aromatic carbocycles. The molecule has 2 aliphatic heterocycles. The fourth-order valence-electron chi connectivity index (χ4n) is 4.35. The predicted octanol–water partition coefficient (Wildman–Crippen LogP) is 8.93. The SMILES string of the molecule is CN(C)CC/C=C1/c2ccccc2Sc2ccc(Cl)cc21.c1ccc2c(c1)Cc1ccccc1S2. The van der Waals surface area contributed by atoms with Crippen LogP contribution in [0.4, 0.5) is 0 Å². The lowest BCUT2D eigenvalue weighted by atomic mass is 9.96. The van der Waals surface area contributed by atoms with E-state index in [0.29, 0.717) is 0 Å². The molecule has 0 unspecified atom stereocenters. The van der Waals surface area contributed by atoms with Crippen LogP contribution >= 0.6 is 35.1 Å². The fraction of sp³-hybridized carbons (Fsp3) is 0.161. The summed E-state index contributed by atoms with van der Waals surface area (Å²) in [6.45, 7) is 1.05. The zero-order chi connectivity index (χ0) is 24.2. The van der Waals surface area contributed by atoms with Crippen LogP contribution in [0.1, 0.15) is 28.7 Å². The Bertz CT molecular complexity index is 1290. The minimum absolute atomic E-state index is 0.798. The molecule has 0 fully saturated rings. The molecular weight excluding hydrogens is 486 g/mol. The van der Waals surface area contributed by atoms with Crippen molar-refractivity contribution >= 4 is 40.7 Å². The number of fused-ring (bicyclic) bond motifs is 4. The molecule has 0 N–H and O–H groups in total. The van der Waals surface area contributed by atoms with Gasteiger partial charge in [0.2, 0.25) is 0 Å². The number of halogens is 1. The molecule has 35 heavy (non-hydrogen) atoms. The Hall–Kier alpha value is -2.43. The largest absolute Gasteiger partial charge is 0.309 e. The third-order valence-electron chi connectivity index (χ3n) is 6.10. The number of nitrogens with zero attached hydrogens (tertiary/aromatic N) is 1. The second-order valence-electron chi connectivity index (χ2n) is 8.94. The first-order chi connectivity index (χ1) is 17.1. The normalized spacial score (nSPS) is 14.3. The molecule has 6 rings (SSSR count). The first-order valence-corrected chi connectivity index (χ1v) is 13.9. The summed E-state index contributed by atoms with van der Waals surface area (Å²) >= 11 is 9.92. The third kappa shape index (κ3) is 5.70. The molecule has 0 saturated carbocycles. The number of hydrogen-bond donors (Lipinski definition) is 0. The Balaban J connectivity index is 0.000000156. The van der Waals surface area contributed by atoms with Crippen molar-refractivity contribution < 1.29 is 0 Å². The van der Waals surface area contributed by atoms with Gasteiger partial charge in [0.1, 0.15) is 0 Å². The van der Waals surface area contributed by atoms with Gasteiger partial charge in [-0.2, -0.15) is 0 Å². The molecule has 0 spiro atoms. The summed E-state index contributed by atoms with van der Waals surface area (Å²) in [5.74, 6) is 0. The van der Waals surface area contributed by atoms with Gasteiger partial charge in [0.25, 0.3) is 0 Å². The van der Waals surface area contributed by atoms with Gasteiger partial charge in [0.05, 0.1) is 0 Å². The summed E-state index contributed by atoms with van der Waals surface area (Å²) in [5.41, 5.74) is 6.79. The van der Waals surface area contributed by atoms with Gasteiger partial charge in [0.15, 0.2) is 0 Å². The van der Waals surface area contributed by atoms with Crippen LogP contribution in [-0.4, -0.2) is 25.5 Å². The Labute approximate surface area is 222 Å². The van der Waals surface area contributed by atoms with E-state index in [0.717, 1.165) is 24.4 Å². The Morgan fingerprint density at radius 2 is 1.29 bits per heavy atom. The lowest BCUT2D eigenvalue weighted by Crippen LogP contribution is -2.12. The van der Waals surface area contributed by atoms with E-state index in [1.807, 2.05) is 29.6 Å². The van der Waals surface area contributed by atoms with Gasteiger partial charge in [-0.3, -0.25) is 0 Å². The molecule has 0 saturated heterocycles. The lowest BCUT2D eigenvalue weighted by Gasteiger charge is -2.22. The van der Waals surface area contributed by atoms with Gasteiger partial charge in [-0.1, -0.05) is 95.8 Å². The lowest BCUT2D eigenvalue weighted by molar-refractivity contribution is 0.417. The first kappa shape index (κ1) is 24.3. The van der Waals surface area contributed by atoms with Crippen LogP contribution in [-0.2, 0) is 6.42 Å². The molecule has 2 heterocycles. The maximum atomic E-state index is 6.21. The zero-order valence-corrected chi connectivity index (χ0v) is 22.4.